The van der Waals surface area contributed by atoms with E-state index in [1.807, 2.05) is 0 Å². The van der Waals surface area contributed by atoms with Crippen molar-refractivity contribution in [1.29, 1.82) is 0 Å². The van der Waals surface area contributed by atoms with Gasteiger partial charge in [-0.2, -0.15) is 11.8 Å². The Morgan fingerprint density at radius 1 is 1.50 bits per heavy atom. The molecule has 112 valence electrons. The highest BCUT2D eigenvalue weighted by Gasteiger charge is 2.14. The number of hydrogen-bond acceptors (Lipinski definition) is 6. The average Bonchev–Trinajstić information content (AvgIpc) is 2.40. The van der Waals surface area contributed by atoms with Crippen LogP contribution in [0.2, 0.25) is 0 Å². The van der Waals surface area contributed by atoms with Crippen LogP contribution in [0.25, 0.3) is 0 Å². The molecule has 0 aliphatic carbocycles. The molecule has 3 N–H and O–H groups in total. The van der Waals surface area contributed by atoms with Gasteiger partial charge in [-0.15, -0.1) is 0 Å². The van der Waals surface area contributed by atoms with Crippen molar-refractivity contribution < 1.29 is 9.53 Å². The van der Waals surface area contributed by atoms with E-state index in [0.29, 0.717) is 16.8 Å². The second-order valence-corrected chi connectivity index (χ2v) is 5.81. The highest BCUT2D eigenvalue weighted by Crippen LogP contribution is 2.18. The topological polar surface area (TPSA) is 98.1 Å². The molecule has 1 atom stereocenters. The molecule has 6 nitrogen and oxygen atoms in total. The minimum absolute atomic E-state index is 0.0987. The summed E-state index contributed by atoms with van der Waals surface area (Å²) in [5, 5.41) is 0.487. The first kappa shape index (κ1) is 16.6. The van der Waals surface area contributed by atoms with Crippen molar-refractivity contribution in [3.8, 4) is 0 Å². The van der Waals surface area contributed by atoms with Crippen LogP contribution < -0.4 is 11.3 Å². The first-order valence-electron chi connectivity index (χ1n) is 6.62. The Hall–Kier alpha value is -1.50. The minimum atomic E-state index is -0.478. The predicted molar refractivity (Wildman–Crippen MR) is 80.7 cm³/mol. The Labute approximate surface area is 122 Å². The van der Waals surface area contributed by atoms with Crippen LogP contribution in [-0.4, -0.2) is 27.8 Å². The van der Waals surface area contributed by atoms with Gasteiger partial charge in [0, 0.05) is 5.25 Å². The van der Waals surface area contributed by atoms with Crippen LogP contribution in [0.3, 0.4) is 0 Å². The number of ether oxygens (including phenoxy) is 1. The molecule has 1 aromatic rings. The van der Waals surface area contributed by atoms with Crippen molar-refractivity contribution in [3.63, 3.8) is 0 Å². The summed E-state index contributed by atoms with van der Waals surface area (Å²) in [5.41, 5.74) is 5.55. The molecular weight excluding hydrogens is 278 g/mol. The maximum atomic E-state index is 11.9. The van der Waals surface area contributed by atoms with E-state index in [4.69, 9.17) is 10.5 Å². The molecule has 20 heavy (non-hydrogen) atoms. The smallest absolute Gasteiger partial charge is 0.310 e. The summed E-state index contributed by atoms with van der Waals surface area (Å²) in [6.07, 6.45) is 0.895. The SMILES string of the molecule is CCOC(=O)Cc1c(N)nc(CSC(C)CC)[nH]c1=O. The fraction of sp³-hybridized carbons (Fsp3) is 0.615. The molecule has 0 fully saturated rings. The van der Waals surface area contributed by atoms with E-state index in [1.54, 1.807) is 18.7 Å². The van der Waals surface area contributed by atoms with Crippen LogP contribution >= 0.6 is 11.8 Å². The molecule has 1 heterocycles. The van der Waals surface area contributed by atoms with Gasteiger partial charge in [-0.3, -0.25) is 9.59 Å². The molecule has 0 spiro atoms. The van der Waals surface area contributed by atoms with Gasteiger partial charge < -0.3 is 15.5 Å². The number of rotatable bonds is 7. The molecule has 0 saturated carbocycles. The molecule has 7 heteroatoms. The van der Waals surface area contributed by atoms with Crippen molar-refractivity contribution in [2.24, 2.45) is 0 Å². The molecule has 0 aliphatic heterocycles. The summed E-state index contributed by atoms with van der Waals surface area (Å²) in [5.74, 6) is 0.744. The van der Waals surface area contributed by atoms with Crippen LogP contribution in [0.1, 0.15) is 38.6 Å². The second kappa shape index (κ2) is 7.94. The first-order valence-corrected chi connectivity index (χ1v) is 7.67. The van der Waals surface area contributed by atoms with Gasteiger partial charge >= 0.3 is 5.97 Å². The van der Waals surface area contributed by atoms with Gasteiger partial charge in [-0.05, 0) is 13.3 Å². The van der Waals surface area contributed by atoms with Crippen LogP contribution in [0.5, 0.6) is 0 Å². The second-order valence-electron chi connectivity index (χ2n) is 4.39. The highest BCUT2D eigenvalue weighted by molar-refractivity contribution is 7.99. The lowest BCUT2D eigenvalue weighted by atomic mass is 10.2. The molecular formula is C13H21N3O3S. The minimum Gasteiger partial charge on any atom is -0.466 e. The highest BCUT2D eigenvalue weighted by atomic mass is 32.2. The van der Waals surface area contributed by atoms with Crippen LogP contribution in [-0.2, 0) is 21.7 Å². The van der Waals surface area contributed by atoms with Gasteiger partial charge in [0.1, 0.15) is 11.6 Å². The largest absolute Gasteiger partial charge is 0.466 e. The Morgan fingerprint density at radius 3 is 2.75 bits per heavy atom. The maximum absolute atomic E-state index is 11.9. The van der Waals surface area contributed by atoms with Crippen molar-refractivity contribution in [3.05, 3.63) is 21.7 Å². The summed E-state index contributed by atoms with van der Waals surface area (Å²) in [4.78, 5) is 30.1. The Balaban J connectivity index is 2.81. The third kappa shape index (κ3) is 4.88. The van der Waals surface area contributed by atoms with Gasteiger partial charge in [-0.1, -0.05) is 13.8 Å². The van der Waals surface area contributed by atoms with Crippen LogP contribution in [0.15, 0.2) is 4.79 Å². The predicted octanol–water partition coefficient (Wildman–Crippen LogP) is 1.49. The van der Waals surface area contributed by atoms with E-state index in [0.717, 1.165) is 6.42 Å². The third-order valence-corrected chi connectivity index (χ3v) is 4.14. The standard InChI is InChI=1S/C13H21N3O3S/c1-4-8(3)20-7-10-15-12(14)9(13(18)16-10)6-11(17)19-5-2/h8H,4-7H2,1-3H3,(H3,14,15,16,18). The molecule has 0 aliphatic rings. The molecule has 0 saturated heterocycles. The van der Waals surface area contributed by atoms with E-state index in [2.05, 4.69) is 23.8 Å². The van der Waals surface area contributed by atoms with E-state index >= 15 is 0 Å². The van der Waals surface area contributed by atoms with Gasteiger partial charge in [0.2, 0.25) is 0 Å². The van der Waals surface area contributed by atoms with Gasteiger partial charge in [-0.25, -0.2) is 4.98 Å². The van der Waals surface area contributed by atoms with Crippen molar-refractivity contribution in [2.75, 3.05) is 12.3 Å². The number of nitrogen functional groups attached to an aromatic ring is 1. The zero-order chi connectivity index (χ0) is 15.1. The number of aromatic nitrogens is 2. The molecule has 0 amide bonds. The number of nitrogens with one attached hydrogen (secondary N) is 1. The number of anilines is 1. The number of aromatic amines is 1. The van der Waals surface area contributed by atoms with Crippen molar-refractivity contribution >= 4 is 23.5 Å². The van der Waals surface area contributed by atoms with E-state index in [-0.39, 0.29) is 30.0 Å². The molecule has 0 radical (unpaired) electrons. The number of thioether (sulfide) groups is 1. The Bertz CT molecular complexity index is 516. The van der Waals surface area contributed by atoms with E-state index < -0.39 is 5.97 Å². The zero-order valence-electron chi connectivity index (χ0n) is 12.1. The number of H-pyrrole nitrogens is 1. The summed E-state index contributed by atoms with van der Waals surface area (Å²) in [6.45, 7) is 6.19. The zero-order valence-corrected chi connectivity index (χ0v) is 12.9. The van der Waals surface area contributed by atoms with Gasteiger partial charge in [0.05, 0.1) is 24.3 Å². The molecule has 1 aromatic heterocycles. The number of hydrogen-bond donors (Lipinski definition) is 2. The Morgan fingerprint density at radius 2 is 2.20 bits per heavy atom. The van der Waals surface area contributed by atoms with Gasteiger partial charge in [0.25, 0.3) is 5.56 Å². The average molecular weight is 299 g/mol. The lowest BCUT2D eigenvalue weighted by Crippen LogP contribution is -2.23. The number of esters is 1. The van der Waals surface area contributed by atoms with Crippen molar-refractivity contribution in [2.45, 2.75) is 44.6 Å². The summed E-state index contributed by atoms with van der Waals surface area (Å²) >= 11 is 1.69. The summed E-state index contributed by atoms with van der Waals surface area (Å²) in [6, 6.07) is 0. The lowest BCUT2D eigenvalue weighted by Gasteiger charge is -2.09. The first-order chi connectivity index (χ1) is 9.47. The number of carbonyl (C=O) groups is 1. The normalized spacial score (nSPS) is 12.2. The van der Waals surface area contributed by atoms with Gasteiger partial charge in [0.15, 0.2) is 0 Å². The third-order valence-electron chi connectivity index (χ3n) is 2.80. The molecule has 1 unspecified atom stereocenters. The maximum Gasteiger partial charge on any atom is 0.310 e. The van der Waals surface area contributed by atoms with Crippen LogP contribution in [0, 0.1) is 0 Å². The quantitative estimate of drug-likeness (QED) is 0.740. The molecule has 0 aromatic carbocycles. The van der Waals surface area contributed by atoms with Crippen molar-refractivity contribution in [1.82, 2.24) is 9.97 Å². The number of carbonyl (C=O) groups excluding carboxylic acids is 1. The van der Waals surface area contributed by atoms with E-state index in [9.17, 15) is 9.59 Å². The summed E-state index contributed by atoms with van der Waals surface area (Å²) < 4.78 is 4.80. The molecule has 0 bridgehead atoms. The fourth-order valence-corrected chi connectivity index (χ4v) is 2.31. The number of nitrogens with zero attached hydrogens (tertiary/aromatic N) is 1. The van der Waals surface area contributed by atoms with E-state index in [1.165, 1.54) is 0 Å². The molecule has 1 rings (SSSR count). The monoisotopic (exact) mass is 299 g/mol. The lowest BCUT2D eigenvalue weighted by molar-refractivity contribution is -0.142. The fourth-order valence-electron chi connectivity index (χ4n) is 1.50. The summed E-state index contributed by atoms with van der Waals surface area (Å²) in [7, 11) is 0. The van der Waals surface area contributed by atoms with Crippen LogP contribution in [0.4, 0.5) is 5.82 Å². The Kier molecular flexibility index (Phi) is 6.57. The number of nitrogens with two attached hydrogens (primary N) is 1.